The number of carbonyl (C=O) groups excluding carboxylic acids is 1. The van der Waals surface area contributed by atoms with Gasteiger partial charge in [0.15, 0.2) is 0 Å². The first kappa shape index (κ1) is 16.2. The molecule has 0 atom stereocenters. The molecule has 110 valence electrons. The van der Waals surface area contributed by atoms with Gasteiger partial charge in [-0.2, -0.15) is 0 Å². The lowest BCUT2D eigenvalue weighted by Gasteiger charge is -2.20. The highest BCUT2D eigenvalue weighted by atomic mass is 16.4. The topological polar surface area (TPSA) is 66.4 Å². The van der Waals surface area contributed by atoms with Crippen molar-refractivity contribution in [3.63, 3.8) is 0 Å². The van der Waals surface area contributed by atoms with Gasteiger partial charge in [0.25, 0.3) is 0 Å². The number of carboxylic acid groups (broad SMARTS) is 1. The fourth-order valence-electron chi connectivity index (χ4n) is 1.88. The van der Waals surface area contributed by atoms with Crippen LogP contribution in [0.1, 0.15) is 43.4 Å². The number of hydrogen-bond acceptors (Lipinski definition) is 2. The largest absolute Gasteiger partial charge is 0.480 e. The van der Waals surface area contributed by atoms with E-state index in [9.17, 15) is 9.59 Å². The Morgan fingerprint density at radius 1 is 1.20 bits per heavy atom. The van der Waals surface area contributed by atoms with E-state index in [0.717, 1.165) is 6.42 Å². The van der Waals surface area contributed by atoms with Crippen LogP contribution in [0.4, 0.5) is 0 Å². The molecule has 1 rings (SSSR count). The summed E-state index contributed by atoms with van der Waals surface area (Å²) in [7, 11) is 0. The van der Waals surface area contributed by atoms with E-state index in [-0.39, 0.29) is 5.91 Å². The number of nitrogens with one attached hydrogen (secondary N) is 1. The molecule has 0 fully saturated rings. The average Bonchev–Trinajstić information content (AvgIpc) is 2.33. The maximum atomic E-state index is 11.7. The number of carbonyl (C=O) groups is 2. The molecule has 0 spiro atoms. The zero-order valence-corrected chi connectivity index (χ0v) is 12.6. The first-order valence-corrected chi connectivity index (χ1v) is 6.83. The second kappa shape index (κ2) is 6.55. The zero-order chi connectivity index (χ0) is 15.3. The van der Waals surface area contributed by atoms with Crippen molar-refractivity contribution in [2.45, 2.75) is 52.5 Å². The van der Waals surface area contributed by atoms with Gasteiger partial charge in [0.05, 0.1) is 0 Å². The predicted octanol–water partition coefficient (Wildman–Crippen LogP) is 2.61. The second-order valence-electron chi connectivity index (χ2n) is 5.75. The summed E-state index contributed by atoms with van der Waals surface area (Å²) in [5.41, 5.74) is 2.50. The van der Waals surface area contributed by atoms with E-state index < -0.39 is 11.5 Å². The molecule has 0 aliphatic heterocycles. The molecule has 1 amide bonds. The lowest BCUT2D eigenvalue weighted by atomic mass is 10.0. The molecule has 4 nitrogen and oxygen atoms in total. The third kappa shape index (κ3) is 4.68. The minimum atomic E-state index is -1.21. The molecule has 20 heavy (non-hydrogen) atoms. The van der Waals surface area contributed by atoms with Gasteiger partial charge < -0.3 is 10.4 Å². The molecule has 0 heterocycles. The number of aliphatic carboxylic acids is 1. The van der Waals surface area contributed by atoms with E-state index in [1.165, 1.54) is 30.5 Å². The Bertz CT molecular complexity index is 506. The van der Waals surface area contributed by atoms with Crippen molar-refractivity contribution in [3.8, 4) is 0 Å². The van der Waals surface area contributed by atoms with Gasteiger partial charge in [0.2, 0.25) is 5.91 Å². The molecule has 2 N–H and O–H groups in total. The molecule has 0 aliphatic carbocycles. The van der Waals surface area contributed by atoms with Crippen LogP contribution in [0.15, 0.2) is 18.2 Å². The van der Waals surface area contributed by atoms with E-state index in [1.807, 2.05) is 0 Å². The van der Waals surface area contributed by atoms with Crippen LogP contribution >= 0.6 is 0 Å². The monoisotopic (exact) mass is 277 g/mol. The van der Waals surface area contributed by atoms with E-state index in [2.05, 4.69) is 37.4 Å². The Balaban J connectivity index is 2.42. The molecule has 0 aliphatic rings. The van der Waals surface area contributed by atoms with Crippen LogP contribution in [-0.2, 0) is 16.0 Å². The van der Waals surface area contributed by atoms with Crippen molar-refractivity contribution in [1.82, 2.24) is 5.32 Å². The third-order valence-electron chi connectivity index (χ3n) is 3.43. The Kier molecular flexibility index (Phi) is 5.31. The highest BCUT2D eigenvalue weighted by molar-refractivity contribution is 5.86. The van der Waals surface area contributed by atoms with Gasteiger partial charge in [-0.1, -0.05) is 18.2 Å². The first-order chi connectivity index (χ1) is 9.22. The first-order valence-electron chi connectivity index (χ1n) is 6.83. The van der Waals surface area contributed by atoms with E-state index in [0.29, 0.717) is 12.8 Å². The van der Waals surface area contributed by atoms with Gasteiger partial charge in [0.1, 0.15) is 5.54 Å². The normalized spacial score (nSPS) is 11.2. The minimum absolute atomic E-state index is 0.221. The third-order valence-corrected chi connectivity index (χ3v) is 3.43. The highest BCUT2D eigenvalue weighted by Gasteiger charge is 2.28. The Labute approximate surface area is 120 Å². The van der Waals surface area contributed by atoms with Crippen LogP contribution in [0.5, 0.6) is 0 Å². The lowest BCUT2D eigenvalue weighted by molar-refractivity contribution is -0.146. The summed E-state index contributed by atoms with van der Waals surface area (Å²) in [6, 6.07) is 6.29. The van der Waals surface area contributed by atoms with Crippen molar-refractivity contribution >= 4 is 11.9 Å². The molecule has 1 aromatic carbocycles. The zero-order valence-electron chi connectivity index (χ0n) is 12.6. The molecule has 0 unspecified atom stereocenters. The number of hydrogen-bond donors (Lipinski definition) is 2. The van der Waals surface area contributed by atoms with Crippen molar-refractivity contribution in [1.29, 1.82) is 0 Å². The number of benzene rings is 1. The van der Waals surface area contributed by atoms with Crippen LogP contribution in [0.2, 0.25) is 0 Å². The van der Waals surface area contributed by atoms with E-state index >= 15 is 0 Å². The van der Waals surface area contributed by atoms with Gasteiger partial charge in [-0.3, -0.25) is 4.79 Å². The van der Waals surface area contributed by atoms with Gasteiger partial charge in [-0.15, -0.1) is 0 Å². The smallest absolute Gasteiger partial charge is 0.328 e. The van der Waals surface area contributed by atoms with Gasteiger partial charge in [-0.25, -0.2) is 4.79 Å². The van der Waals surface area contributed by atoms with Crippen molar-refractivity contribution < 1.29 is 14.7 Å². The molecule has 0 radical (unpaired) electrons. The summed E-state index contributed by atoms with van der Waals surface area (Å²) in [6.45, 7) is 7.11. The van der Waals surface area contributed by atoms with Crippen LogP contribution in [-0.4, -0.2) is 22.5 Å². The molecular formula is C16H23NO3. The molecule has 0 saturated heterocycles. The van der Waals surface area contributed by atoms with Crippen LogP contribution in [0.25, 0.3) is 0 Å². The summed E-state index contributed by atoms with van der Waals surface area (Å²) in [4.78, 5) is 22.6. The predicted molar refractivity (Wildman–Crippen MR) is 78.7 cm³/mol. The summed E-state index contributed by atoms with van der Waals surface area (Å²) in [5, 5.41) is 11.5. The number of aryl methyl sites for hydroxylation is 3. The summed E-state index contributed by atoms with van der Waals surface area (Å²) in [6.07, 6.45) is 1.87. The van der Waals surface area contributed by atoms with Crippen molar-refractivity contribution in [2.24, 2.45) is 0 Å². The molecule has 4 heteroatoms. The standard InChI is InChI=1S/C16H23NO3/c1-11-8-9-13(10-12(11)2)6-5-7-14(18)17-16(3,4)15(19)20/h8-10H,5-7H2,1-4H3,(H,17,18)(H,19,20). The molecule has 1 aromatic rings. The average molecular weight is 277 g/mol. The van der Waals surface area contributed by atoms with Crippen LogP contribution < -0.4 is 5.32 Å². The molecule has 0 bridgehead atoms. The summed E-state index contributed by atoms with van der Waals surface area (Å²) < 4.78 is 0. The fourth-order valence-corrected chi connectivity index (χ4v) is 1.88. The summed E-state index contributed by atoms with van der Waals surface area (Å²) >= 11 is 0. The molecular weight excluding hydrogens is 254 g/mol. The van der Waals surface area contributed by atoms with Crippen LogP contribution in [0, 0.1) is 13.8 Å². The van der Waals surface area contributed by atoms with E-state index in [4.69, 9.17) is 5.11 Å². The molecule has 0 saturated carbocycles. The fraction of sp³-hybridized carbons (Fsp3) is 0.500. The summed E-state index contributed by atoms with van der Waals surface area (Å²) in [5.74, 6) is -1.25. The quantitative estimate of drug-likeness (QED) is 0.840. The lowest BCUT2D eigenvalue weighted by Crippen LogP contribution is -2.49. The highest BCUT2D eigenvalue weighted by Crippen LogP contribution is 2.12. The Morgan fingerprint density at radius 2 is 1.85 bits per heavy atom. The number of amides is 1. The maximum Gasteiger partial charge on any atom is 0.328 e. The van der Waals surface area contributed by atoms with E-state index in [1.54, 1.807) is 0 Å². The maximum absolute atomic E-state index is 11.7. The SMILES string of the molecule is Cc1ccc(CCCC(=O)NC(C)(C)C(=O)O)cc1C. The van der Waals surface area contributed by atoms with Gasteiger partial charge >= 0.3 is 5.97 Å². The Morgan fingerprint density at radius 3 is 2.40 bits per heavy atom. The molecule has 0 aromatic heterocycles. The van der Waals surface area contributed by atoms with Crippen LogP contribution in [0.3, 0.4) is 0 Å². The number of rotatable bonds is 6. The van der Waals surface area contributed by atoms with Crippen molar-refractivity contribution in [3.05, 3.63) is 34.9 Å². The second-order valence-corrected chi connectivity index (χ2v) is 5.75. The van der Waals surface area contributed by atoms with Crippen molar-refractivity contribution in [2.75, 3.05) is 0 Å². The van der Waals surface area contributed by atoms with Gasteiger partial charge in [-0.05, 0) is 57.2 Å². The minimum Gasteiger partial charge on any atom is -0.480 e. The van der Waals surface area contributed by atoms with Gasteiger partial charge in [0, 0.05) is 6.42 Å². The number of carboxylic acids is 1. The Hall–Kier alpha value is -1.84.